The van der Waals surface area contributed by atoms with E-state index in [2.05, 4.69) is 51.8 Å². The maximum Gasteiger partial charge on any atom is 0.191 e. The number of nitrogens with one attached hydrogen (secondary N) is 2. The van der Waals surface area contributed by atoms with Crippen LogP contribution in [0.1, 0.15) is 23.7 Å². The number of benzene rings is 1. The molecule has 0 unspecified atom stereocenters. The van der Waals surface area contributed by atoms with Crippen LogP contribution in [0.3, 0.4) is 0 Å². The number of halogens is 1. The molecule has 2 aromatic rings. The van der Waals surface area contributed by atoms with E-state index in [1.807, 2.05) is 6.92 Å². The number of guanidine groups is 1. The molecule has 1 heterocycles. The van der Waals surface area contributed by atoms with E-state index in [4.69, 9.17) is 0 Å². The zero-order valence-electron chi connectivity index (χ0n) is 12.9. The molecule has 4 nitrogen and oxygen atoms in total. The molecule has 1 aromatic heterocycles. The molecule has 0 saturated heterocycles. The number of aromatic nitrogens is 1. The molecule has 1 aromatic carbocycles. The summed E-state index contributed by atoms with van der Waals surface area (Å²) < 4.78 is 13.6. The maximum absolute atomic E-state index is 13.6. The lowest BCUT2D eigenvalue weighted by molar-refractivity contribution is 0.592. The molecular formula is C17H21FN4. The van der Waals surface area contributed by atoms with E-state index in [0.717, 1.165) is 12.1 Å². The van der Waals surface area contributed by atoms with Crippen LogP contribution in [0, 0.1) is 12.7 Å². The van der Waals surface area contributed by atoms with Crippen molar-refractivity contribution in [3.05, 3.63) is 65.2 Å². The summed E-state index contributed by atoms with van der Waals surface area (Å²) in [7, 11) is 0. The monoisotopic (exact) mass is 300 g/mol. The molecule has 116 valence electrons. The second kappa shape index (κ2) is 8.12. The minimum absolute atomic E-state index is 0.298. The van der Waals surface area contributed by atoms with E-state index < -0.39 is 0 Å². The second-order valence-electron chi connectivity index (χ2n) is 4.97. The molecule has 0 aliphatic heterocycles. The second-order valence-corrected chi connectivity index (χ2v) is 4.97. The molecule has 0 radical (unpaired) electrons. The van der Waals surface area contributed by atoms with Gasteiger partial charge in [0.15, 0.2) is 5.96 Å². The Bertz CT molecular complexity index is 623. The lowest BCUT2D eigenvalue weighted by Crippen LogP contribution is -2.37. The summed E-state index contributed by atoms with van der Waals surface area (Å²) in [6.45, 7) is 5.65. The Labute approximate surface area is 130 Å². The highest BCUT2D eigenvalue weighted by molar-refractivity contribution is 5.79. The lowest BCUT2D eigenvalue weighted by Gasteiger charge is -2.11. The van der Waals surface area contributed by atoms with Crippen LogP contribution in [0.15, 0.2) is 47.6 Å². The van der Waals surface area contributed by atoms with Crippen molar-refractivity contribution in [2.45, 2.75) is 26.9 Å². The quantitative estimate of drug-likeness (QED) is 0.659. The Balaban J connectivity index is 1.98. The molecule has 2 N–H and O–H groups in total. The summed E-state index contributed by atoms with van der Waals surface area (Å²) in [6, 6.07) is 11.2. The predicted octanol–water partition coefficient (Wildman–Crippen LogP) is 2.78. The molecule has 0 bridgehead atoms. The molecule has 2 rings (SSSR count). The normalized spacial score (nSPS) is 11.3. The third-order valence-electron chi connectivity index (χ3n) is 3.14. The number of hydrogen-bond donors (Lipinski definition) is 2. The number of rotatable bonds is 5. The number of aliphatic imine (C=N–C) groups is 1. The van der Waals surface area contributed by atoms with Crippen molar-refractivity contribution in [1.29, 1.82) is 0 Å². The van der Waals surface area contributed by atoms with Crippen LogP contribution < -0.4 is 10.6 Å². The van der Waals surface area contributed by atoms with Crippen molar-refractivity contribution >= 4 is 5.96 Å². The predicted molar refractivity (Wildman–Crippen MR) is 87.0 cm³/mol. The highest BCUT2D eigenvalue weighted by Gasteiger charge is 2.04. The van der Waals surface area contributed by atoms with Crippen molar-refractivity contribution < 1.29 is 4.39 Å². The molecule has 0 fully saturated rings. The first-order chi connectivity index (χ1) is 10.7. The molecule has 0 aliphatic rings. The first-order valence-electron chi connectivity index (χ1n) is 7.36. The molecular weight excluding hydrogens is 279 g/mol. The summed E-state index contributed by atoms with van der Waals surface area (Å²) in [5.41, 5.74) is 2.73. The van der Waals surface area contributed by atoms with Crippen LogP contribution in [0.5, 0.6) is 0 Å². The largest absolute Gasteiger partial charge is 0.357 e. The summed E-state index contributed by atoms with van der Waals surface area (Å²) in [5, 5.41) is 6.24. The highest BCUT2D eigenvalue weighted by atomic mass is 19.1. The molecule has 0 amide bonds. The first-order valence-corrected chi connectivity index (χ1v) is 7.36. The van der Waals surface area contributed by atoms with Crippen LogP contribution in [0.2, 0.25) is 0 Å². The average molecular weight is 300 g/mol. The van der Waals surface area contributed by atoms with E-state index in [1.54, 1.807) is 12.3 Å². The number of nitrogens with zero attached hydrogens (tertiary/aromatic N) is 2. The van der Waals surface area contributed by atoms with Gasteiger partial charge in [0.1, 0.15) is 5.82 Å². The Morgan fingerprint density at radius 1 is 1.18 bits per heavy atom. The zero-order chi connectivity index (χ0) is 15.8. The van der Waals surface area contributed by atoms with E-state index in [9.17, 15) is 4.39 Å². The fourth-order valence-electron chi connectivity index (χ4n) is 1.92. The van der Waals surface area contributed by atoms with Gasteiger partial charge in [0.2, 0.25) is 0 Å². The van der Waals surface area contributed by atoms with E-state index >= 15 is 0 Å². The van der Waals surface area contributed by atoms with Gasteiger partial charge in [-0.25, -0.2) is 9.38 Å². The molecule has 0 aliphatic carbocycles. The van der Waals surface area contributed by atoms with Gasteiger partial charge >= 0.3 is 0 Å². The van der Waals surface area contributed by atoms with Crippen molar-refractivity contribution in [1.82, 2.24) is 15.6 Å². The minimum atomic E-state index is -0.315. The molecule has 5 heteroatoms. The van der Waals surface area contributed by atoms with Crippen LogP contribution in [0.4, 0.5) is 4.39 Å². The number of hydrogen-bond acceptors (Lipinski definition) is 2. The molecule has 22 heavy (non-hydrogen) atoms. The van der Waals surface area contributed by atoms with Gasteiger partial charge in [0, 0.05) is 12.7 Å². The van der Waals surface area contributed by atoms with E-state index in [1.165, 1.54) is 11.6 Å². The topological polar surface area (TPSA) is 49.3 Å². The Morgan fingerprint density at radius 3 is 2.64 bits per heavy atom. The van der Waals surface area contributed by atoms with Crippen LogP contribution >= 0.6 is 0 Å². The summed E-state index contributed by atoms with van der Waals surface area (Å²) in [5.74, 6) is 0.331. The highest BCUT2D eigenvalue weighted by Crippen LogP contribution is 2.05. The Hall–Kier alpha value is -2.43. The first kappa shape index (κ1) is 15.9. The number of pyridine rings is 1. The summed E-state index contributed by atoms with van der Waals surface area (Å²) in [4.78, 5) is 8.52. The Morgan fingerprint density at radius 2 is 1.95 bits per heavy atom. The smallest absolute Gasteiger partial charge is 0.191 e. The van der Waals surface area contributed by atoms with Gasteiger partial charge in [-0.3, -0.25) is 4.98 Å². The molecule has 0 atom stereocenters. The van der Waals surface area contributed by atoms with Gasteiger partial charge in [0.05, 0.1) is 18.8 Å². The average Bonchev–Trinajstić information content (AvgIpc) is 2.53. The van der Waals surface area contributed by atoms with Crippen LogP contribution in [-0.4, -0.2) is 17.5 Å². The van der Waals surface area contributed by atoms with Gasteiger partial charge in [0.25, 0.3) is 0 Å². The molecule has 0 spiro atoms. The summed E-state index contributed by atoms with van der Waals surface area (Å²) in [6.07, 6.45) is 1.58. The summed E-state index contributed by atoms with van der Waals surface area (Å²) >= 11 is 0. The van der Waals surface area contributed by atoms with Gasteiger partial charge in [-0.1, -0.05) is 29.8 Å². The maximum atomic E-state index is 13.6. The van der Waals surface area contributed by atoms with Gasteiger partial charge in [-0.05, 0) is 31.5 Å². The van der Waals surface area contributed by atoms with Crippen molar-refractivity contribution in [2.24, 2.45) is 4.99 Å². The van der Waals surface area contributed by atoms with Crippen molar-refractivity contribution in [3.63, 3.8) is 0 Å². The van der Waals surface area contributed by atoms with Gasteiger partial charge in [-0.15, -0.1) is 0 Å². The van der Waals surface area contributed by atoms with Gasteiger partial charge in [-0.2, -0.15) is 0 Å². The zero-order valence-corrected chi connectivity index (χ0v) is 12.9. The Kier molecular flexibility index (Phi) is 5.89. The third kappa shape index (κ3) is 4.84. The van der Waals surface area contributed by atoms with Gasteiger partial charge < -0.3 is 10.6 Å². The van der Waals surface area contributed by atoms with Crippen LogP contribution in [-0.2, 0) is 13.1 Å². The molecule has 0 saturated carbocycles. The fraction of sp³-hybridized carbons (Fsp3) is 0.294. The standard InChI is InChI=1S/C17H21FN4/c1-3-19-17(21-11-14-8-6-13(2)7-9-14)22-12-16-15(18)5-4-10-20-16/h4-10H,3,11-12H2,1-2H3,(H2,19,21,22). The number of aryl methyl sites for hydroxylation is 1. The SMILES string of the molecule is CCNC(=NCc1ccc(C)cc1)NCc1ncccc1F. The fourth-order valence-corrected chi connectivity index (χ4v) is 1.92. The van der Waals surface area contributed by atoms with E-state index in [0.29, 0.717) is 24.7 Å². The van der Waals surface area contributed by atoms with Crippen molar-refractivity contribution in [2.75, 3.05) is 6.54 Å². The minimum Gasteiger partial charge on any atom is -0.357 e. The lowest BCUT2D eigenvalue weighted by atomic mass is 10.1. The van der Waals surface area contributed by atoms with Crippen molar-refractivity contribution in [3.8, 4) is 0 Å². The van der Waals surface area contributed by atoms with E-state index in [-0.39, 0.29) is 5.82 Å². The third-order valence-corrected chi connectivity index (χ3v) is 3.14. The van der Waals surface area contributed by atoms with Crippen LogP contribution in [0.25, 0.3) is 0 Å².